The van der Waals surface area contributed by atoms with E-state index in [0.717, 1.165) is 0 Å². The number of carbonyl (C=O) groups excluding carboxylic acids is 1. The first-order valence-corrected chi connectivity index (χ1v) is 2.47. The maximum absolute atomic E-state index is 9.69. The molecule has 0 saturated carbocycles. The largest absolute Gasteiger partial charge is 1.00 e. The van der Waals surface area contributed by atoms with Crippen LogP contribution in [0.15, 0.2) is 0 Å². The van der Waals surface area contributed by atoms with Crippen LogP contribution in [0.25, 0.3) is 0 Å². The van der Waals surface area contributed by atoms with Crippen molar-refractivity contribution in [3.05, 3.63) is 0 Å². The van der Waals surface area contributed by atoms with Gasteiger partial charge in [0.2, 0.25) is 0 Å². The van der Waals surface area contributed by atoms with Crippen molar-refractivity contribution < 1.29 is 39.5 Å². The molecule has 42 valence electrons. The molecule has 0 amide bonds. The summed E-state index contributed by atoms with van der Waals surface area (Å²) >= 11 is 5.14. The first kappa shape index (κ1) is 11.5. The molecule has 0 N–H and O–H groups in total. The van der Waals surface area contributed by atoms with Crippen molar-refractivity contribution in [1.29, 1.82) is 0 Å². The summed E-state index contributed by atoms with van der Waals surface area (Å²) in [6.45, 7) is 1.69. The van der Waals surface area contributed by atoms with Crippen molar-refractivity contribution in [2.24, 2.45) is 0 Å². The quantitative estimate of drug-likeness (QED) is 0.302. The second-order valence-electron chi connectivity index (χ2n) is 1.19. The zero-order valence-corrected chi connectivity index (χ0v) is 7.73. The van der Waals surface area contributed by atoms with Gasteiger partial charge in [-0.15, -0.1) is 11.6 Å². The summed E-state index contributed by atoms with van der Waals surface area (Å²) in [6, 6.07) is 0. The van der Waals surface area contributed by atoms with E-state index < -0.39 is 11.3 Å². The standard InChI is InChI=1S/C4H7ClO2.Na/c1-2-3(5)4(6)7;/h3H,2H2,1H3,(H,6,7);/q;+1/p-1. The smallest absolute Gasteiger partial charge is 0.549 e. The second kappa shape index (κ2) is 5.89. The maximum atomic E-state index is 9.69. The maximum Gasteiger partial charge on any atom is 1.00 e. The summed E-state index contributed by atoms with van der Waals surface area (Å²) in [5.41, 5.74) is 0. The SMILES string of the molecule is CCC(Cl)C(=O)[O-].[Na+]. The van der Waals surface area contributed by atoms with E-state index in [2.05, 4.69) is 0 Å². The number of aliphatic carboxylic acids is 1. The van der Waals surface area contributed by atoms with E-state index in [0.29, 0.717) is 6.42 Å². The van der Waals surface area contributed by atoms with Crippen LogP contribution >= 0.6 is 11.6 Å². The number of hydrogen-bond acceptors (Lipinski definition) is 2. The molecule has 0 fully saturated rings. The van der Waals surface area contributed by atoms with E-state index in [1.807, 2.05) is 0 Å². The summed E-state index contributed by atoms with van der Waals surface area (Å²) in [6.07, 6.45) is 0.421. The monoisotopic (exact) mass is 144 g/mol. The predicted molar refractivity (Wildman–Crippen MR) is 24.9 cm³/mol. The molecular formula is C4H6ClNaO2. The Kier molecular flexibility index (Phi) is 8.50. The Labute approximate surface area is 75.5 Å². The van der Waals surface area contributed by atoms with Crippen LogP contribution in [0.2, 0.25) is 0 Å². The Bertz CT molecular complexity index is 76.4. The minimum Gasteiger partial charge on any atom is -0.549 e. The van der Waals surface area contributed by atoms with Gasteiger partial charge in [0, 0.05) is 0 Å². The zero-order chi connectivity index (χ0) is 5.86. The van der Waals surface area contributed by atoms with Gasteiger partial charge in [0.25, 0.3) is 0 Å². The molecule has 0 aromatic rings. The van der Waals surface area contributed by atoms with E-state index >= 15 is 0 Å². The van der Waals surface area contributed by atoms with E-state index in [1.54, 1.807) is 6.92 Å². The molecule has 1 atom stereocenters. The van der Waals surface area contributed by atoms with E-state index in [1.165, 1.54) is 0 Å². The number of hydrogen-bond donors (Lipinski definition) is 0. The fourth-order valence-electron chi connectivity index (χ4n) is 0.167. The Morgan fingerprint density at radius 1 is 1.88 bits per heavy atom. The number of carbonyl (C=O) groups is 1. The molecule has 1 unspecified atom stereocenters. The van der Waals surface area contributed by atoms with Gasteiger partial charge in [0.05, 0.1) is 11.3 Å². The fraction of sp³-hybridized carbons (Fsp3) is 0.750. The zero-order valence-electron chi connectivity index (χ0n) is 4.98. The topological polar surface area (TPSA) is 40.1 Å². The van der Waals surface area contributed by atoms with Gasteiger partial charge >= 0.3 is 29.6 Å². The molecule has 0 radical (unpaired) electrons. The van der Waals surface area contributed by atoms with Crippen molar-refractivity contribution in [3.8, 4) is 0 Å². The van der Waals surface area contributed by atoms with E-state index in [9.17, 15) is 9.90 Å². The Hall–Kier alpha value is 0.760. The second-order valence-corrected chi connectivity index (χ2v) is 1.72. The third-order valence-electron chi connectivity index (χ3n) is 0.614. The normalized spacial score (nSPS) is 11.8. The third-order valence-corrected chi connectivity index (χ3v) is 1.10. The molecular weight excluding hydrogens is 138 g/mol. The molecule has 2 nitrogen and oxygen atoms in total. The molecule has 0 spiro atoms. The summed E-state index contributed by atoms with van der Waals surface area (Å²) in [5, 5.41) is 8.87. The predicted octanol–water partition coefficient (Wildman–Crippen LogP) is -3.24. The summed E-state index contributed by atoms with van der Waals surface area (Å²) < 4.78 is 0. The molecule has 8 heavy (non-hydrogen) atoms. The molecule has 0 rings (SSSR count). The van der Waals surface area contributed by atoms with Crippen LogP contribution < -0.4 is 34.7 Å². The van der Waals surface area contributed by atoms with Crippen LogP contribution in [0.5, 0.6) is 0 Å². The van der Waals surface area contributed by atoms with Crippen molar-refractivity contribution >= 4 is 17.6 Å². The summed E-state index contributed by atoms with van der Waals surface area (Å²) in [5.74, 6) is -1.19. The third kappa shape index (κ3) is 4.91. The summed E-state index contributed by atoms with van der Waals surface area (Å²) in [7, 11) is 0. The number of carboxylic acids is 1. The van der Waals surface area contributed by atoms with Crippen molar-refractivity contribution in [3.63, 3.8) is 0 Å². The molecule has 0 aromatic heterocycles. The van der Waals surface area contributed by atoms with Gasteiger partial charge in [0.15, 0.2) is 0 Å². The van der Waals surface area contributed by atoms with Gasteiger partial charge in [-0.1, -0.05) is 6.92 Å². The van der Waals surface area contributed by atoms with Crippen LogP contribution in [-0.2, 0) is 4.79 Å². The van der Waals surface area contributed by atoms with Gasteiger partial charge in [-0.2, -0.15) is 0 Å². The molecule has 0 aliphatic heterocycles. The molecule has 4 heteroatoms. The van der Waals surface area contributed by atoms with Crippen LogP contribution in [0.4, 0.5) is 0 Å². The minimum atomic E-state index is -1.19. The van der Waals surface area contributed by atoms with Crippen LogP contribution in [0, 0.1) is 0 Å². The van der Waals surface area contributed by atoms with Gasteiger partial charge in [-0.3, -0.25) is 0 Å². The van der Waals surface area contributed by atoms with Gasteiger partial charge < -0.3 is 9.90 Å². The minimum absolute atomic E-state index is 0. The Balaban J connectivity index is 0. The van der Waals surface area contributed by atoms with Gasteiger partial charge in [-0.25, -0.2) is 0 Å². The van der Waals surface area contributed by atoms with Crippen LogP contribution in [-0.4, -0.2) is 11.3 Å². The first-order chi connectivity index (χ1) is 3.18. The number of carboxylic acid groups (broad SMARTS) is 1. The van der Waals surface area contributed by atoms with Crippen molar-refractivity contribution in [2.75, 3.05) is 0 Å². The van der Waals surface area contributed by atoms with Crippen LogP contribution in [0.1, 0.15) is 13.3 Å². The Morgan fingerprint density at radius 2 is 2.25 bits per heavy atom. The average molecular weight is 145 g/mol. The van der Waals surface area contributed by atoms with Gasteiger partial charge in [0.1, 0.15) is 0 Å². The fourth-order valence-corrected chi connectivity index (χ4v) is 0.167. The van der Waals surface area contributed by atoms with E-state index in [4.69, 9.17) is 11.6 Å². The average Bonchev–Trinajstić information content (AvgIpc) is 1.65. The number of halogens is 1. The number of alkyl halides is 1. The van der Waals surface area contributed by atoms with Crippen LogP contribution in [0.3, 0.4) is 0 Å². The molecule has 0 heterocycles. The van der Waals surface area contributed by atoms with E-state index in [-0.39, 0.29) is 29.6 Å². The van der Waals surface area contributed by atoms with Gasteiger partial charge in [-0.05, 0) is 6.42 Å². The molecule has 0 bridgehead atoms. The molecule has 0 aliphatic carbocycles. The molecule has 0 saturated heterocycles. The number of rotatable bonds is 2. The molecule has 0 aliphatic rings. The molecule has 0 aromatic carbocycles. The first-order valence-electron chi connectivity index (χ1n) is 2.03. The Morgan fingerprint density at radius 3 is 2.25 bits per heavy atom. The summed E-state index contributed by atoms with van der Waals surface area (Å²) in [4.78, 5) is 9.69. The van der Waals surface area contributed by atoms with Crippen molar-refractivity contribution in [2.45, 2.75) is 18.7 Å². The van der Waals surface area contributed by atoms with Crippen molar-refractivity contribution in [1.82, 2.24) is 0 Å².